The lowest BCUT2D eigenvalue weighted by atomic mass is 10.1. The van der Waals surface area contributed by atoms with Gasteiger partial charge in [0.1, 0.15) is 0 Å². The highest BCUT2D eigenvalue weighted by atomic mass is 32.2. The number of rotatable bonds is 5. The normalized spacial score (nSPS) is 32.2. The van der Waals surface area contributed by atoms with E-state index in [0.29, 0.717) is 11.7 Å². The summed E-state index contributed by atoms with van der Waals surface area (Å²) in [5.74, 6) is -0.189. The van der Waals surface area contributed by atoms with Crippen molar-refractivity contribution in [1.82, 2.24) is 10.6 Å². The van der Waals surface area contributed by atoms with Crippen LogP contribution in [0.5, 0.6) is 0 Å². The minimum atomic E-state index is -0.832. The van der Waals surface area contributed by atoms with Gasteiger partial charge in [-0.05, 0) is 31.4 Å². The number of hydrogen-bond donors (Lipinski definition) is 3. The Morgan fingerprint density at radius 3 is 2.70 bits per heavy atom. The predicted molar refractivity (Wildman–Crippen MR) is 79.9 cm³/mol. The molecule has 0 bridgehead atoms. The van der Waals surface area contributed by atoms with Crippen molar-refractivity contribution in [1.29, 1.82) is 0 Å². The molecule has 112 valence electrons. The van der Waals surface area contributed by atoms with Crippen LogP contribution in [0.4, 0.5) is 4.79 Å². The van der Waals surface area contributed by atoms with Gasteiger partial charge in [-0.1, -0.05) is 19.1 Å². The largest absolute Gasteiger partial charge is 0.481 e. The third kappa shape index (κ3) is 4.16. The smallest absolute Gasteiger partial charge is 0.315 e. The third-order valence-electron chi connectivity index (χ3n) is 3.84. The zero-order chi connectivity index (χ0) is 14.5. The number of carbonyl (C=O) groups excluding carboxylic acids is 1. The van der Waals surface area contributed by atoms with E-state index in [1.165, 1.54) is 0 Å². The predicted octanol–water partition coefficient (Wildman–Crippen LogP) is 1.99. The van der Waals surface area contributed by atoms with Crippen LogP contribution in [0, 0.1) is 5.92 Å². The number of carbonyl (C=O) groups is 2. The molecule has 1 saturated carbocycles. The molecule has 0 radical (unpaired) electrons. The van der Waals surface area contributed by atoms with Crippen molar-refractivity contribution in [3.05, 3.63) is 12.2 Å². The fourth-order valence-corrected chi connectivity index (χ4v) is 3.99. The van der Waals surface area contributed by atoms with Gasteiger partial charge in [-0.3, -0.25) is 4.79 Å². The second kappa shape index (κ2) is 7.02. The number of carboxylic acids is 1. The summed E-state index contributed by atoms with van der Waals surface area (Å²) in [5.41, 5.74) is 0. The van der Waals surface area contributed by atoms with Gasteiger partial charge in [0.2, 0.25) is 0 Å². The average Bonchev–Trinajstić information content (AvgIpc) is 2.99. The second-order valence-electron chi connectivity index (χ2n) is 5.38. The fraction of sp³-hybridized carbons (Fsp3) is 0.714. The van der Waals surface area contributed by atoms with Crippen LogP contribution in [0.2, 0.25) is 0 Å². The number of urea groups is 1. The molecule has 0 aromatic heterocycles. The minimum absolute atomic E-state index is 0.168. The van der Waals surface area contributed by atoms with Gasteiger partial charge in [0, 0.05) is 11.3 Å². The van der Waals surface area contributed by atoms with Crippen LogP contribution in [-0.2, 0) is 4.79 Å². The molecule has 4 atom stereocenters. The van der Waals surface area contributed by atoms with E-state index in [1.807, 2.05) is 11.8 Å². The van der Waals surface area contributed by atoms with Crippen LogP contribution in [-0.4, -0.2) is 40.2 Å². The van der Waals surface area contributed by atoms with E-state index in [9.17, 15) is 9.59 Å². The Morgan fingerprint density at radius 2 is 2.05 bits per heavy atom. The van der Waals surface area contributed by atoms with Gasteiger partial charge < -0.3 is 15.7 Å². The molecule has 1 fully saturated rings. The summed E-state index contributed by atoms with van der Waals surface area (Å²) in [7, 11) is 0. The molecule has 2 rings (SSSR count). The van der Waals surface area contributed by atoms with Crippen LogP contribution in [0.1, 0.15) is 32.6 Å². The Balaban J connectivity index is 1.69. The molecule has 2 aliphatic carbocycles. The molecule has 0 aromatic rings. The third-order valence-corrected chi connectivity index (χ3v) is 5.07. The first-order valence-corrected chi connectivity index (χ1v) is 8.23. The van der Waals surface area contributed by atoms with E-state index in [1.54, 1.807) is 12.2 Å². The molecule has 6 heteroatoms. The first-order valence-electron chi connectivity index (χ1n) is 7.18. The highest BCUT2D eigenvalue weighted by Crippen LogP contribution is 2.29. The molecule has 0 heterocycles. The molecule has 20 heavy (non-hydrogen) atoms. The zero-order valence-corrected chi connectivity index (χ0v) is 12.5. The number of amides is 2. The molecule has 2 amide bonds. The molecule has 5 nitrogen and oxygen atoms in total. The van der Waals surface area contributed by atoms with Gasteiger partial charge in [0.25, 0.3) is 0 Å². The zero-order valence-electron chi connectivity index (χ0n) is 11.7. The average molecular weight is 298 g/mol. The molecule has 0 aliphatic heterocycles. The lowest BCUT2D eigenvalue weighted by Crippen LogP contribution is -2.44. The van der Waals surface area contributed by atoms with E-state index < -0.39 is 11.9 Å². The van der Waals surface area contributed by atoms with Crippen molar-refractivity contribution < 1.29 is 14.7 Å². The number of hydrogen-bond acceptors (Lipinski definition) is 3. The summed E-state index contributed by atoms with van der Waals surface area (Å²) in [6, 6.07) is -0.101. The number of nitrogens with one attached hydrogen (secondary N) is 2. The van der Waals surface area contributed by atoms with Gasteiger partial charge in [0.05, 0.1) is 12.0 Å². The van der Waals surface area contributed by atoms with Crippen molar-refractivity contribution in [2.45, 2.75) is 49.9 Å². The van der Waals surface area contributed by atoms with Crippen molar-refractivity contribution >= 4 is 23.8 Å². The van der Waals surface area contributed by atoms with E-state index in [4.69, 9.17) is 5.11 Å². The molecular formula is C14H22N2O3S. The number of aliphatic carboxylic acids is 1. The SMILES string of the molecule is CCSC1CCC(NC(=O)NC2C=CC(C(=O)O)C2)C1. The van der Waals surface area contributed by atoms with Crippen LogP contribution in [0.3, 0.4) is 0 Å². The van der Waals surface area contributed by atoms with Crippen LogP contribution < -0.4 is 10.6 Å². The van der Waals surface area contributed by atoms with E-state index >= 15 is 0 Å². The van der Waals surface area contributed by atoms with Gasteiger partial charge in [-0.2, -0.15) is 11.8 Å². The summed E-state index contributed by atoms with van der Waals surface area (Å²) in [6.45, 7) is 2.16. The Kier molecular flexibility index (Phi) is 5.34. The maximum absolute atomic E-state index is 11.9. The maximum atomic E-state index is 11.9. The van der Waals surface area contributed by atoms with Gasteiger partial charge in [-0.25, -0.2) is 4.79 Å². The summed E-state index contributed by atoms with van der Waals surface area (Å²) in [4.78, 5) is 22.7. The minimum Gasteiger partial charge on any atom is -0.481 e. The number of carboxylic acid groups (broad SMARTS) is 1. The first kappa shape index (κ1) is 15.2. The van der Waals surface area contributed by atoms with E-state index in [0.717, 1.165) is 25.0 Å². The van der Waals surface area contributed by atoms with Gasteiger partial charge in [0.15, 0.2) is 0 Å². The van der Waals surface area contributed by atoms with E-state index in [2.05, 4.69) is 17.6 Å². The lowest BCUT2D eigenvalue weighted by Gasteiger charge is -2.17. The van der Waals surface area contributed by atoms with Crippen molar-refractivity contribution in [3.63, 3.8) is 0 Å². The first-order chi connectivity index (χ1) is 9.58. The quantitative estimate of drug-likeness (QED) is 0.678. The molecule has 3 N–H and O–H groups in total. The Hall–Kier alpha value is -1.17. The Labute approximate surface area is 123 Å². The molecular weight excluding hydrogens is 276 g/mol. The molecule has 2 aliphatic rings. The summed E-state index contributed by atoms with van der Waals surface area (Å²) >= 11 is 1.96. The molecule has 4 unspecified atom stereocenters. The topological polar surface area (TPSA) is 78.4 Å². The Morgan fingerprint density at radius 1 is 1.25 bits per heavy atom. The molecule has 0 saturated heterocycles. The summed E-state index contributed by atoms with van der Waals surface area (Å²) in [5, 5.41) is 15.4. The maximum Gasteiger partial charge on any atom is 0.315 e. The standard InChI is InChI=1S/C14H22N2O3S/c1-2-20-12-6-5-11(8-12)16-14(19)15-10-4-3-9(7-10)13(17)18/h3-4,9-12H,2,5-8H2,1H3,(H,17,18)(H2,15,16,19). The summed E-state index contributed by atoms with van der Waals surface area (Å²) < 4.78 is 0. The highest BCUT2D eigenvalue weighted by molar-refractivity contribution is 7.99. The van der Waals surface area contributed by atoms with Gasteiger partial charge in [-0.15, -0.1) is 0 Å². The second-order valence-corrected chi connectivity index (χ2v) is 6.95. The molecule has 0 aromatic carbocycles. The lowest BCUT2D eigenvalue weighted by molar-refractivity contribution is -0.140. The van der Waals surface area contributed by atoms with Crippen molar-refractivity contribution in [3.8, 4) is 0 Å². The van der Waals surface area contributed by atoms with Crippen LogP contribution >= 0.6 is 11.8 Å². The monoisotopic (exact) mass is 298 g/mol. The van der Waals surface area contributed by atoms with Crippen molar-refractivity contribution in [2.24, 2.45) is 5.92 Å². The van der Waals surface area contributed by atoms with Gasteiger partial charge >= 0.3 is 12.0 Å². The molecule has 0 spiro atoms. The highest BCUT2D eigenvalue weighted by Gasteiger charge is 2.28. The summed E-state index contributed by atoms with van der Waals surface area (Å²) in [6.07, 6.45) is 7.09. The van der Waals surface area contributed by atoms with Crippen molar-refractivity contribution in [2.75, 3.05) is 5.75 Å². The van der Waals surface area contributed by atoms with Crippen LogP contribution in [0.25, 0.3) is 0 Å². The van der Waals surface area contributed by atoms with E-state index in [-0.39, 0.29) is 18.1 Å². The Bertz CT molecular complexity index is 400. The fourth-order valence-electron chi connectivity index (χ4n) is 2.84. The van der Waals surface area contributed by atoms with Crippen LogP contribution in [0.15, 0.2) is 12.2 Å². The number of thioether (sulfide) groups is 1.